The molecule has 5 aromatic rings. The van der Waals surface area contributed by atoms with Gasteiger partial charge in [-0.25, -0.2) is 0 Å². The van der Waals surface area contributed by atoms with Crippen molar-refractivity contribution in [2.24, 2.45) is 11.8 Å². The number of aryl methyl sites for hydroxylation is 1. The fourth-order valence-electron chi connectivity index (χ4n) is 7.83. The minimum absolute atomic E-state index is 0. The number of rotatable bonds is 9. The average molecular weight is 897 g/mol. The molecule has 3 aromatic carbocycles. The second-order valence-electron chi connectivity index (χ2n) is 16.9. The number of ketones is 1. The molecule has 1 N–H and O–H groups in total. The Labute approximate surface area is 321 Å². The van der Waals surface area contributed by atoms with Crippen molar-refractivity contribution < 1.29 is 34.4 Å². The maximum atomic E-state index is 11.7. The quantitative estimate of drug-likeness (QED) is 0.0693. The molecule has 0 saturated heterocycles. The molecule has 0 saturated carbocycles. The molecule has 0 spiro atoms. The van der Waals surface area contributed by atoms with Gasteiger partial charge in [-0.15, -0.1) is 17.7 Å². The second kappa shape index (κ2) is 15.3. The van der Waals surface area contributed by atoms with E-state index in [-0.39, 0.29) is 48.9 Å². The van der Waals surface area contributed by atoms with Gasteiger partial charge in [-0.3, -0.25) is 4.79 Å². The predicted molar refractivity (Wildman–Crippen MR) is 220 cm³/mol. The van der Waals surface area contributed by atoms with Crippen molar-refractivity contribution in [3.8, 4) is 11.3 Å². The molecule has 4 nitrogen and oxygen atoms in total. The Balaban J connectivity index is 0.000000312. The van der Waals surface area contributed by atoms with Gasteiger partial charge in [0, 0.05) is 57.7 Å². The molecule has 2 heterocycles. The first kappa shape index (κ1) is 40.9. The van der Waals surface area contributed by atoms with Crippen LogP contribution in [0.3, 0.4) is 0 Å². The van der Waals surface area contributed by atoms with E-state index in [1.807, 2.05) is 33.9 Å². The summed E-state index contributed by atoms with van der Waals surface area (Å²) in [5, 5.41) is 17.5. The van der Waals surface area contributed by atoms with Gasteiger partial charge in [-0.1, -0.05) is 127 Å². The van der Waals surface area contributed by atoms with Crippen LogP contribution in [0.1, 0.15) is 83.9 Å². The third kappa shape index (κ3) is 7.51. The van der Waals surface area contributed by atoms with Gasteiger partial charge in [0.15, 0.2) is 5.78 Å². The van der Waals surface area contributed by atoms with Gasteiger partial charge in [0.1, 0.15) is 5.58 Å². The SMILES string of the molecule is CCC(CC)C(=O)/C=C(\O)C(CC)CC.Cc1ccc2cnc3c(c2c1)C(C)(C)c1ccc([Si](C)(C)C)c2oc4c([Si](C)(C)C)c[c-]c-3c4c12.[Ir]. The molecule has 6 rings (SSSR count). The monoisotopic (exact) mass is 897 g/mol. The summed E-state index contributed by atoms with van der Waals surface area (Å²) in [6.07, 6.45) is 6.94. The van der Waals surface area contributed by atoms with Crippen LogP contribution >= 0.6 is 0 Å². The van der Waals surface area contributed by atoms with Crippen molar-refractivity contribution in [2.45, 2.75) is 119 Å². The Kier molecular flexibility index (Phi) is 12.2. The van der Waals surface area contributed by atoms with Crippen LogP contribution in [0.4, 0.5) is 0 Å². The van der Waals surface area contributed by atoms with Gasteiger partial charge in [-0.05, 0) is 70.8 Å². The van der Waals surface area contributed by atoms with Crippen molar-refractivity contribution in [2.75, 3.05) is 0 Å². The third-order valence-electron chi connectivity index (χ3n) is 11.0. The summed E-state index contributed by atoms with van der Waals surface area (Å²) in [6, 6.07) is 17.4. The van der Waals surface area contributed by atoms with Crippen molar-refractivity contribution in [1.29, 1.82) is 0 Å². The Morgan fingerprint density at radius 2 is 1.47 bits per heavy atom. The normalized spacial score (nSPS) is 14.1. The van der Waals surface area contributed by atoms with E-state index in [1.54, 1.807) is 0 Å². The molecule has 275 valence electrons. The van der Waals surface area contributed by atoms with Gasteiger partial charge in [0.05, 0.1) is 19.4 Å². The zero-order valence-electron chi connectivity index (χ0n) is 33.1. The molecular weight excluding hydrogens is 839 g/mol. The number of nitrogens with zero attached hydrogens (tertiary/aromatic N) is 1. The van der Waals surface area contributed by atoms with E-state index in [2.05, 4.69) is 103 Å². The molecule has 0 bridgehead atoms. The number of aliphatic hydroxyl groups is 1. The number of carbonyl (C=O) groups is 1. The number of furan rings is 1. The zero-order valence-corrected chi connectivity index (χ0v) is 37.5. The molecule has 0 atom stereocenters. The Morgan fingerprint density at radius 1 is 0.882 bits per heavy atom. The number of aliphatic hydroxyl groups excluding tert-OH is 1. The van der Waals surface area contributed by atoms with Crippen LogP contribution in [-0.4, -0.2) is 32.0 Å². The molecule has 1 aliphatic carbocycles. The Morgan fingerprint density at radius 3 is 2.04 bits per heavy atom. The van der Waals surface area contributed by atoms with Crippen molar-refractivity contribution in [1.82, 2.24) is 4.98 Å². The van der Waals surface area contributed by atoms with E-state index in [1.165, 1.54) is 54.7 Å². The maximum Gasteiger partial charge on any atom is 0.162 e. The molecule has 0 fully saturated rings. The molecule has 0 aliphatic heterocycles. The summed E-state index contributed by atoms with van der Waals surface area (Å²) in [5.41, 5.74) is 7.98. The summed E-state index contributed by atoms with van der Waals surface area (Å²) in [6.45, 7) is 29.4. The summed E-state index contributed by atoms with van der Waals surface area (Å²) < 4.78 is 6.96. The number of carbonyl (C=O) groups excluding carboxylic acids is 1. The molecule has 0 unspecified atom stereocenters. The number of hydrogen-bond donors (Lipinski definition) is 1. The first-order chi connectivity index (χ1) is 23.4. The molecule has 0 amide bonds. The molecule has 1 radical (unpaired) electrons. The van der Waals surface area contributed by atoms with Gasteiger partial charge in [0.25, 0.3) is 0 Å². The van der Waals surface area contributed by atoms with Gasteiger partial charge < -0.3 is 14.5 Å². The number of hydrogen-bond acceptors (Lipinski definition) is 4. The Bertz CT molecular complexity index is 2110. The second-order valence-corrected chi connectivity index (χ2v) is 27.0. The first-order valence-electron chi connectivity index (χ1n) is 18.7. The number of benzene rings is 3. The van der Waals surface area contributed by atoms with E-state index in [4.69, 9.17) is 9.40 Å². The maximum absolute atomic E-state index is 11.7. The summed E-state index contributed by atoms with van der Waals surface area (Å²) in [7, 11) is -3.31. The van der Waals surface area contributed by atoms with Crippen molar-refractivity contribution in [3.05, 3.63) is 77.2 Å². The van der Waals surface area contributed by atoms with Crippen LogP contribution in [0, 0.1) is 24.8 Å². The average Bonchev–Trinajstić information content (AvgIpc) is 3.40. The largest absolute Gasteiger partial charge is 0.512 e. The zero-order chi connectivity index (χ0) is 36.9. The number of aromatic nitrogens is 1. The molecule has 51 heavy (non-hydrogen) atoms. The summed E-state index contributed by atoms with van der Waals surface area (Å²) in [5.74, 6) is 0.547. The van der Waals surface area contributed by atoms with Crippen LogP contribution < -0.4 is 10.4 Å². The predicted octanol–water partition coefficient (Wildman–Crippen LogP) is 11.5. The van der Waals surface area contributed by atoms with Crippen LogP contribution in [0.15, 0.2) is 58.8 Å². The number of fused-ring (bicyclic) bond motifs is 4. The number of allylic oxidation sites excluding steroid dienone is 2. The smallest absolute Gasteiger partial charge is 0.162 e. The minimum Gasteiger partial charge on any atom is -0.512 e. The standard InChI is InChI=1S/C31H34NOSi2.C13H24O2.Ir/c1-18-10-11-19-17-32-28-20-12-14-23(34(4,5)6)29-25(20)26-22(31(2,3)27(28)21(19)16-18)13-15-24(30(26)33-29)35(7,8)9;1-5-10(6-2)12(14)9-13(15)11(7-3)8-4;/h10-11,13-17H,1-9H3;9-11,14H,5-8H2,1-4H3;/q-1;;/b;12-9-;. The van der Waals surface area contributed by atoms with E-state index in [0.29, 0.717) is 0 Å². The summed E-state index contributed by atoms with van der Waals surface area (Å²) >= 11 is 0. The van der Waals surface area contributed by atoms with E-state index < -0.39 is 16.1 Å². The fourth-order valence-corrected chi connectivity index (χ4v) is 10.6. The van der Waals surface area contributed by atoms with Gasteiger partial charge in [0.2, 0.25) is 0 Å². The van der Waals surface area contributed by atoms with Gasteiger partial charge in [-0.2, -0.15) is 0 Å². The van der Waals surface area contributed by atoms with Crippen LogP contribution in [0.2, 0.25) is 39.3 Å². The van der Waals surface area contributed by atoms with Crippen molar-refractivity contribution in [3.63, 3.8) is 0 Å². The van der Waals surface area contributed by atoms with Crippen LogP contribution in [-0.2, 0) is 30.3 Å². The van der Waals surface area contributed by atoms with E-state index >= 15 is 0 Å². The van der Waals surface area contributed by atoms with E-state index in [9.17, 15) is 9.90 Å². The molecule has 1 aliphatic rings. The van der Waals surface area contributed by atoms with Crippen LogP contribution in [0.5, 0.6) is 0 Å². The number of pyridine rings is 1. The van der Waals surface area contributed by atoms with Crippen LogP contribution in [0.25, 0.3) is 44.0 Å². The molecular formula is C44H58IrNO3Si2-. The van der Waals surface area contributed by atoms with Crippen molar-refractivity contribution >= 4 is 65.0 Å². The Hall–Kier alpha value is -2.84. The van der Waals surface area contributed by atoms with E-state index in [0.717, 1.165) is 48.1 Å². The first-order valence-corrected chi connectivity index (χ1v) is 25.7. The molecule has 7 heteroatoms. The molecule has 2 aromatic heterocycles. The minimum atomic E-state index is -1.67. The fraction of sp³-hybridized carbons (Fsp3) is 0.455. The summed E-state index contributed by atoms with van der Waals surface area (Å²) in [4.78, 5) is 16.8. The topological polar surface area (TPSA) is 63.3 Å². The third-order valence-corrected chi connectivity index (χ3v) is 15.0. The van der Waals surface area contributed by atoms with Gasteiger partial charge >= 0.3 is 0 Å².